The summed E-state index contributed by atoms with van der Waals surface area (Å²) in [6.07, 6.45) is -0.761. The van der Waals surface area contributed by atoms with Gasteiger partial charge in [-0.2, -0.15) is 0 Å². The lowest BCUT2D eigenvalue weighted by atomic mass is 9.37. The number of fused-ring (bicyclic) bond motifs is 5. The van der Waals surface area contributed by atoms with Gasteiger partial charge in [-0.3, -0.25) is 19.2 Å². The van der Waals surface area contributed by atoms with Crippen LogP contribution >= 0.6 is 0 Å². The molecule has 8 nitrogen and oxygen atoms in total. The highest BCUT2D eigenvalue weighted by Gasteiger charge is 2.74. The summed E-state index contributed by atoms with van der Waals surface area (Å²) in [6, 6.07) is 0. The molecule has 4 fully saturated rings. The number of carbonyl (C=O) groups excluding carboxylic acids is 4. The lowest BCUT2D eigenvalue weighted by Crippen LogP contribution is -2.68. The third-order valence-electron chi connectivity index (χ3n) is 12.6. The Morgan fingerprint density at radius 3 is 2.21 bits per heavy atom. The molecule has 4 aliphatic carbocycles. The largest absolute Gasteiger partial charge is 0.469 e. The van der Waals surface area contributed by atoms with Gasteiger partial charge in [0.15, 0.2) is 5.78 Å². The monoisotopic (exact) mass is 548 g/mol. The van der Waals surface area contributed by atoms with Crippen LogP contribution in [-0.4, -0.2) is 64.1 Å². The van der Waals surface area contributed by atoms with E-state index in [2.05, 4.69) is 11.7 Å². The Balaban J connectivity index is 1.66. The zero-order valence-corrected chi connectivity index (χ0v) is 24.8. The average Bonchev–Trinajstić information content (AvgIpc) is 3.07. The van der Waals surface area contributed by atoms with Crippen molar-refractivity contribution in [2.24, 2.45) is 57.2 Å². The number of aliphatic hydroxyl groups excluding tert-OH is 3. The van der Waals surface area contributed by atoms with Crippen LogP contribution in [0.4, 0.5) is 0 Å². The van der Waals surface area contributed by atoms with Crippen LogP contribution in [0.15, 0.2) is 0 Å². The third kappa shape index (κ3) is 4.10. The molecule has 0 heterocycles. The second-order valence-electron chi connectivity index (χ2n) is 14.7. The quantitative estimate of drug-likeness (QED) is 0.431. The molecule has 0 aromatic rings. The van der Waals surface area contributed by atoms with Gasteiger partial charge in [-0.05, 0) is 60.2 Å². The second-order valence-corrected chi connectivity index (χ2v) is 14.7. The smallest absolute Gasteiger partial charge is 0.311 e. The maximum absolute atomic E-state index is 14.2. The minimum atomic E-state index is -1.50. The van der Waals surface area contributed by atoms with E-state index >= 15 is 0 Å². The number of rotatable bonds is 6. The van der Waals surface area contributed by atoms with Crippen molar-refractivity contribution >= 4 is 23.3 Å². The standard InChI is InChI=1S/C31H48O8/c1-15(11-19(33)26(37)16(2)27(38)39-8)17-12-23(36)31(7)25-18(32)13-21-28(3,4)22(35)9-10-29(21,5)24(25)20(34)14-30(17,31)6/h15-17,21-26,35-37H,9-14H2,1-8H3/t15-,16?,17-,21+,22+,23+,24+,25-,26+,29+,30-,31+/m1/s1. The number of ketones is 3. The summed E-state index contributed by atoms with van der Waals surface area (Å²) in [5.74, 6) is -3.85. The molecule has 4 saturated carbocycles. The molecular formula is C31H48O8. The Bertz CT molecular complexity index is 1050. The molecule has 4 rings (SSSR count). The van der Waals surface area contributed by atoms with E-state index in [-0.39, 0.29) is 48.6 Å². The maximum Gasteiger partial charge on any atom is 0.311 e. The molecule has 0 spiro atoms. The Morgan fingerprint density at radius 2 is 1.62 bits per heavy atom. The summed E-state index contributed by atoms with van der Waals surface area (Å²) < 4.78 is 4.67. The predicted molar refractivity (Wildman–Crippen MR) is 143 cm³/mol. The van der Waals surface area contributed by atoms with E-state index in [1.807, 2.05) is 34.6 Å². The highest BCUT2D eigenvalue weighted by molar-refractivity contribution is 5.95. The van der Waals surface area contributed by atoms with Gasteiger partial charge in [0.25, 0.3) is 0 Å². The van der Waals surface area contributed by atoms with Crippen molar-refractivity contribution in [3.8, 4) is 0 Å². The number of Topliss-reactive ketones (excluding diaryl/α,β-unsaturated/α-hetero) is 3. The SMILES string of the molecule is COC(=O)C(C)[C@H](O)C(=O)C[C@@H](C)[C@H]1C[C@H](O)[C@@]2(C)[C@@H]3C(=O)C[C@H]4C(C)(C)[C@@H](O)CC[C@]4(C)[C@H]3C(=O)C[C@]12C. The number of ether oxygens (including phenoxy) is 1. The topological polar surface area (TPSA) is 138 Å². The first kappa shape index (κ1) is 30.3. The van der Waals surface area contributed by atoms with Crippen molar-refractivity contribution in [1.29, 1.82) is 0 Å². The molecule has 0 aromatic carbocycles. The Morgan fingerprint density at radius 1 is 1.00 bits per heavy atom. The average molecular weight is 549 g/mol. The number of hydrogen-bond donors (Lipinski definition) is 3. The van der Waals surface area contributed by atoms with E-state index in [0.717, 1.165) is 0 Å². The summed E-state index contributed by atoms with van der Waals surface area (Å²) in [6.45, 7) is 13.4. The van der Waals surface area contributed by atoms with Gasteiger partial charge in [-0.25, -0.2) is 0 Å². The van der Waals surface area contributed by atoms with E-state index in [9.17, 15) is 34.5 Å². The van der Waals surface area contributed by atoms with Crippen molar-refractivity contribution in [1.82, 2.24) is 0 Å². The Hall–Kier alpha value is -1.64. The van der Waals surface area contributed by atoms with Crippen LogP contribution < -0.4 is 0 Å². The van der Waals surface area contributed by atoms with Crippen LogP contribution in [0.2, 0.25) is 0 Å². The Labute approximate surface area is 232 Å². The molecule has 1 unspecified atom stereocenters. The number of methoxy groups -OCH3 is 1. The molecular weight excluding hydrogens is 500 g/mol. The molecule has 4 aliphatic rings. The second kappa shape index (κ2) is 9.73. The number of hydrogen-bond acceptors (Lipinski definition) is 8. The van der Waals surface area contributed by atoms with Gasteiger partial charge in [0.05, 0.1) is 25.2 Å². The molecule has 0 aromatic heterocycles. The van der Waals surface area contributed by atoms with Crippen LogP contribution in [0.5, 0.6) is 0 Å². The molecule has 3 N–H and O–H groups in total. The van der Waals surface area contributed by atoms with E-state index in [4.69, 9.17) is 0 Å². The van der Waals surface area contributed by atoms with E-state index in [1.165, 1.54) is 14.0 Å². The lowest BCUT2D eigenvalue weighted by molar-refractivity contribution is -0.208. The fraction of sp³-hybridized carbons (Fsp3) is 0.871. The minimum Gasteiger partial charge on any atom is -0.469 e. The molecule has 12 atom stereocenters. The van der Waals surface area contributed by atoms with Crippen LogP contribution in [0, 0.1) is 57.2 Å². The van der Waals surface area contributed by atoms with Crippen molar-refractivity contribution in [3.05, 3.63) is 0 Å². The number of esters is 1. The van der Waals surface area contributed by atoms with Crippen LogP contribution in [0.3, 0.4) is 0 Å². The first-order chi connectivity index (χ1) is 17.9. The molecule has 0 bridgehead atoms. The molecule has 39 heavy (non-hydrogen) atoms. The minimum absolute atomic E-state index is 0.00261. The molecule has 8 heteroatoms. The molecule has 0 amide bonds. The first-order valence-corrected chi connectivity index (χ1v) is 14.6. The highest BCUT2D eigenvalue weighted by Crippen LogP contribution is 2.73. The van der Waals surface area contributed by atoms with Crippen LogP contribution in [-0.2, 0) is 23.9 Å². The predicted octanol–water partition coefficient (Wildman–Crippen LogP) is 3.13. The summed E-state index contributed by atoms with van der Waals surface area (Å²) in [5.41, 5.74) is -2.51. The first-order valence-electron chi connectivity index (χ1n) is 14.6. The third-order valence-corrected chi connectivity index (χ3v) is 12.6. The van der Waals surface area contributed by atoms with E-state index < -0.39 is 69.5 Å². The molecule has 0 radical (unpaired) electrons. The van der Waals surface area contributed by atoms with Gasteiger partial charge < -0.3 is 20.1 Å². The van der Waals surface area contributed by atoms with Gasteiger partial charge >= 0.3 is 5.97 Å². The normalized spacial score (nSPS) is 45.4. The molecule has 0 aliphatic heterocycles. The Kier molecular flexibility index (Phi) is 7.56. The fourth-order valence-electron chi connectivity index (χ4n) is 9.99. The van der Waals surface area contributed by atoms with Gasteiger partial charge in [0.2, 0.25) is 0 Å². The fourth-order valence-corrected chi connectivity index (χ4v) is 9.99. The van der Waals surface area contributed by atoms with Gasteiger partial charge in [0.1, 0.15) is 17.7 Å². The van der Waals surface area contributed by atoms with E-state index in [1.54, 1.807) is 0 Å². The van der Waals surface area contributed by atoms with Gasteiger partial charge in [-0.1, -0.05) is 41.5 Å². The van der Waals surface area contributed by atoms with Crippen molar-refractivity contribution in [2.45, 2.75) is 105 Å². The van der Waals surface area contributed by atoms with Crippen molar-refractivity contribution in [2.75, 3.05) is 7.11 Å². The zero-order valence-electron chi connectivity index (χ0n) is 24.8. The highest BCUT2D eigenvalue weighted by atomic mass is 16.5. The van der Waals surface area contributed by atoms with Crippen LogP contribution in [0.25, 0.3) is 0 Å². The molecule has 220 valence electrons. The summed E-state index contributed by atoms with van der Waals surface area (Å²) >= 11 is 0. The van der Waals surface area contributed by atoms with Gasteiger partial charge in [-0.15, -0.1) is 0 Å². The summed E-state index contributed by atoms with van der Waals surface area (Å²) in [4.78, 5) is 53.0. The number of carbonyl (C=O) groups is 4. The molecule has 0 saturated heterocycles. The van der Waals surface area contributed by atoms with E-state index in [0.29, 0.717) is 19.3 Å². The van der Waals surface area contributed by atoms with Crippen LogP contribution in [0.1, 0.15) is 87.0 Å². The van der Waals surface area contributed by atoms with Crippen molar-refractivity contribution in [3.63, 3.8) is 0 Å². The lowest BCUT2D eigenvalue weighted by Gasteiger charge is -2.66. The summed E-state index contributed by atoms with van der Waals surface area (Å²) in [5, 5.41) is 33.0. The van der Waals surface area contributed by atoms with Crippen molar-refractivity contribution < 1.29 is 39.2 Å². The summed E-state index contributed by atoms with van der Waals surface area (Å²) in [7, 11) is 1.21. The van der Waals surface area contributed by atoms with Gasteiger partial charge in [0, 0.05) is 36.5 Å². The zero-order chi connectivity index (χ0) is 29.5. The maximum atomic E-state index is 14.2. The number of aliphatic hydroxyl groups is 3.